The number of ether oxygens (including phenoxy) is 1. The molecule has 2 aromatic rings. The third-order valence-electron chi connectivity index (χ3n) is 3.57. The number of amides is 1. The first-order chi connectivity index (χ1) is 12.3. The van der Waals surface area contributed by atoms with Crippen LogP contribution >= 0.6 is 23.2 Å². The van der Waals surface area contributed by atoms with Gasteiger partial charge in [-0.05, 0) is 18.6 Å². The standard InChI is InChI=1S/C18H17Cl2NO5/c1-2-26-18(25)13(8-10-6-4-3-5-7-10)21-17(24)11-9-12(19)16(23)14(20)15(11)22/h3-7,9,13,22-23H,2,8H2,1H3,(H,21,24)/t13-/m0/s1. The predicted octanol–water partition coefficient (Wildman–Crippen LogP) is 3.31. The maximum absolute atomic E-state index is 12.5. The van der Waals surface area contributed by atoms with Gasteiger partial charge in [0.2, 0.25) is 0 Å². The van der Waals surface area contributed by atoms with Crippen LogP contribution < -0.4 is 5.32 Å². The van der Waals surface area contributed by atoms with Crippen LogP contribution in [0.1, 0.15) is 22.8 Å². The highest BCUT2D eigenvalue weighted by molar-refractivity contribution is 6.38. The Morgan fingerprint density at radius 2 is 1.81 bits per heavy atom. The molecule has 6 nitrogen and oxygen atoms in total. The molecule has 0 saturated heterocycles. The van der Waals surface area contributed by atoms with E-state index in [-0.39, 0.29) is 23.6 Å². The average Bonchev–Trinajstić information content (AvgIpc) is 2.63. The van der Waals surface area contributed by atoms with Crippen LogP contribution in [0.4, 0.5) is 0 Å². The van der Waals surface area contributed by atoms with Crippen LogP contribution in [0, 0.1) is 0 Å². The van der Waals surface area contributed by atoms with Crippen molar-refractivity contribution in [2.24, 2.45) is 0 Å². The number of phenolic OH excluding ortho intramolecular Hbond substituents is 2. The molecule has 0 aliphatic heterocycles. The highest BCUT2D eigenvalue weighted by atomic mass is 35.5. The number of hydrogen-bond acceptors (Lipinski definition) is 5. The van der Waals surface area contributed by atoms with Crippen LogP contribution in [0.3, 0.4) is 0 Å². The number of rotatable bonds is 6. The molecular weight excluding hydrogens is 381 g/mol. The maximum Gasteiger partial charge on any atom is 0.328 e. The summed E-state index contributed by atoms with van der Waals surface area (Å²) in [7, 11) is 0. The number of benzene rings is 2. The summed E-state index contributed by atoms with van der Waals surface area (Å²) in [6, 6.07) is 9.16. The molecule has 1 atom stereocenters. The van der Waals surface area contributed by atoms with Gasteiger partial charge in [0, 0.05) is 6.42 Å². The lowest BCUT2D eigenvalue weighted by Crippen LogP contribution is -2.43. The Morgan fingerprint density at radius 1 is 1.15 bits per heavy atom. The van der Waals surface area contributed by atoms with E-state index in [0.29, 0.717) is 0 Å². The second kappa shape index (κ2) is 8.78. The molecule has 26 heavy (non-hydrogen) atoms. The van der Waals surface area contributed by atoms with Gasteiger partial charge in [-0.2, -0.15) is 0 Å². The Labute approximate surface area is 160 Å². The fraction of sp³-hybridized carbons (Fsp3) is 0.222. The zero-order chi connectivity index (χ0) is 19.3. The van der Waals surface area contributed by atoms with Gasteiger partial charge in [-0.25, -0.2) is 4.79 Å². The number of carbonyl (C=O) groups is 2. The van der Waals surface area contributed by atoms with Crippen molar-refractivity contribution < 1.29 is 24.5 Å². The predicted molar refractivity (Wildman–Crippen MR) is 97.8 cm³/mol. The molecular formula is C18H17Cl2NO5. The van der Waals surface area contributed by atoms with Gasteiger partial charge in [0.25, 0.3) is 5.91 Å². The summed E-state index contributed by atoms with van der Waals surface area (Å²) in [5.74, 6) is -2.55. The number of halogens is 2. The lowest BCUT2D eigenvalue weighted by atomic mass is 10.1. The van der Waals surface area contributed by atoms with Gasteiger partial charge in [-0.1, -0.05) is 53.5 Å². The molecule has 138 valence electrons. The lowest BCUT2D eigenvalue weighted by Gasteiger charge is -2.18. The Kier molecular flexibility index (Phi) is 6.71. The summed E-state index contributed by atoms with van der Waals surface area (Å²) in [4.78, 5) is 24.7. The number of aromatic hydroxyl groups is 2. The van der Waals surface area contributed by atoms with E-state index in [1.165, 1.54) is 0 Å². The van der Waals surface area contributed by atoms with Gasteiger partial charge >= 0.3 is 5.97 Å². The smallest absolute Gasteiger partial charge is 0.328 e. The normalized spacial score (nSPS) is 11.7. The molecule has 0 bridgehead atoms. The molecule has 2 aromatic carbocycles. The summed E-state index contributed by atoms with van der Waals surface area (Å²) in [5, 5.41) is 21.5. The molecule has 1 amide bonds. The van der Waals surface area contributed by atoms with Gasteiger partial charge in [-0.3, -0.25) is 4.79 Å². The topological polar surface area (TPSA) is 95.9 Å². The first-order valence-electron chi connectivity index (χ1n) is 7.76. The Bertz CT molecular complexity index is 811. The van der Waals surface area contributed by atoms with Crippen molar-refractivity contribution in [1.29, 1.82) is 0 Å². The number of hydrogen-bond donors (Lipinski definition) is 3. The van der Waals surface area contributed by atoms with Crippen LogP contribution in [-0.4, -0.2) is 34.7 Å². The maximum atomic E-state index is 12.5. The summed E-state index contributed by atoms with van der Waals surface area (Å²) in [6.07, 6.45) is 0.200. The van der Waals surface area contributed by atoms with Crippen molar-refractivity contribution in [3.63, 3.8) is 0 Å². The third-order valence-corrected chi connectivity index (χ3v) is 4.22. The molecule has 0 aliphatic rings. The van der Waals surface area contributed by atoms with E-state index in [4.69, 9.17) is 27.9 Å². The molecule has 0 radical (unpaired) electrons. The minimum Gasteiger partial charge on any atom is -0.505 e. The molecule has 8 heteroatoms. The zero-order valence-electron chi connectivity index (χ0n) is 13.8. The van der Waals surface area contributed by atoms with Gasteiger partial charge in [0.05, 0.1) is 17.2 Å². The largest absolute Gasteiger partial charge is 0.505 e. The molecule has 0 saturated carbocycles. The fourth-order valence-electron chi connectivity index (χ4n) is 2.29. The van der Waals surface area contributed by atoms with Gasteiger partial charge in [0.15, 0.2) is 11.5 Å². The van der Waals surface area contributed by atoms with E-state index in [0.717, 1.165) is 11.6 Å². The molecule has 0 heterocycles. The second-order valence-electron chi connectivity index (χ2n) is 5.38. The zero-order valence-corrected chi connectivity index (χ0v) is 15.3. The molecule has 0 fully saturated rings. The molecule has 0 aromatic heterocycles. The Morgan fingerprint density at radius 3 is 2.42 bits per heavy atom. The molecule has 3 N–H and O–H groups in total. The first-order valence-corrected chi connectivity index (χ1v) is 8.52. The van der Waals surface area contributed by atoms with Gasteiger partial charge < -0.3 is 20.3 Å². The number of esters is 1. The second-order valence-corrected chi connectivity index (χ2v) is 6.17. The molecule has 2 rings (SSSR count). The number of phenols is 2. The minimum absolute atomic E-state index is 0.155. The lowest BCUT2D eigenvalue weighted by molar-refractivity contribution is -0.145. The molecule has 0 aliphatic carbocycles. The summed E-state index contributed by atoms with van der Waals surface area (Å²) in [5.41, 5.74) is 0.553. The Balaban J connectivity index is 2.27. The van der Waals surface area contributed by atoms with E-state index in [2.05, 4.69) is 5.32 Å². The van der Waals surface area contributed by atoms with Gasteiger partial charge in [-0.15, -0.1) is 0 Å². The van der Waals surface area contributed by atoms with Crippen LogP contribution in [0.25, 0.3) is 0 Å². The van der Waals surface area contributed by atoms with Gasteiger partial charge in [0.1, 0.15) is 11.1 Å². The number of nitrogens with one attached hydrogen (secondary N) is 1. The third kappa shape index (κ3) is 4.59. The van der Waals surface area contributed by atoms with E-state index < -0.39 is 34.4 Å². The monoisotopic (exact) mass is 397 g/mol. The van der Waals surface area contributed by atoms with Crippen LogP contribution in [0.2, 0.25) is 10.0 Å². The minimum atomic E-state index is -0.976. The van der Waals surface area contributed by atoms with E-state index in [1.54, 1.807) is 6.92 Å². The van der Waals surface area contributed by atoms with Crippen LogP contribution in [0.15, 0.2) is 36.4 Å². The SMILES string of the molecule is CCOC(=O)[C@H](Cc1ccccc1)NC(=O)c1cc(Cl)c(O)c(Cl)c1O. The average molecular weight is 398 g/mol. The molecule has 0 unspecified atom stereocenters. The summed E-state index contributed by atoms with van der Waals surface area (Å²) < 4.78 is 5.00. The van der Waals surface area contributed by atoms with E-state index >= 15 is 0 Å². The van der Waals surface area contributed by atoms with Crippen LogP contribution in [0.5, 0.6) is 11.5 Å². The van der Waals surface area contributed by atoms with Crippen molar-refractivity contribution in [2.75, 3.05) is 6.61 Å². The quantitative estimate of drug-likeness (QED) is 0.649. The fourth-order valence-corrected chi connectivity index (χ4v) is 2.75. The van der Waals surface area contributed by atoms with Crippen LogP contribution in [-0.2, 0) is 16.0 Å². The summed E-state index contributed by atoms with van der Waals surface area (Å²) in [6.45, 7) is 1.81. The van der Waals surface area contributed by atoms with Crippen molar-refractivity contribution in [2.45, 2.75) is 19.4 Å². The van der Waals surface area contributed by atoms with Crippen molar-refractivity contribution in [3.8, 4) is 11.5 Å². The van der Waals surface area contributed by atoms with Crippen molar-refractivity contribution in [1.82, 2.24) is 5.32 Å². The van der Waals surface area contributed by atoms with E-state index in [9.17, 15) is 19.8 Å². The van der Waals surface area contributed by atoms with Crippen molar-refractivity contribution in [3.05, 3.63) is 57.6 Å². The summed E-state index contributed by atoms with van der Waals surface area (Å²) >= 11 is 11.6. The van der Waals surface area contributed by atoms with Crippen molar-refractivity contribution >= 4 is 35.1 Å². The first kappa shape index (κ1) is 19.9. The molecule has 0 spiro atoms. The van der Waals surface area contributed by atoms with E-state index in [1.807, 2.05) is 30.3 Å². The Hall–Kier alpha value is -2.44. The highest BCUT2D eigenvalue weighted by Crippen LogP contribution is 2.40. The number of carbonyl (C=O) groups excluding carboxylic acids is 2. The highest BCUT2D eigenvalue weighted by Gasteiger charge is 2.26.